The van der Waals surface area contributed by atoms with E-state index in [0.29, 0.717) is 0 Å². The number of H-pyrrole nitrogens is 1. The summed E-state index contributed by atoms with van der Waals surface area (Å²) >= 11 is 0. The topological polar surface area (TPSA) is 127 Å². The SMILES string of the molecule is COC(=O)c1ccccc1S(=O)(=O)Nc1nn[nH]n1. The summed E-state index contributed by atoms with van der Waals surface area (Å²) in [6, 6.07) is 5.63. The minimum Gasteiger partial charge on any atom is -0.465 e. The molecule has 0 saturated carbocycles. The molecule has 0 aliphatic rings. The van der Waals surface area contributed by atoms with Gasteiger partial charge in [-0.3, -0.25) is 0 Å². The fraction of sp³-hybridized carbons (Fsp3) is 0.111. The number of aromatic amines is 1. The van der Waals surface area contributed by atoms with E-state index < -0.39 is 16.0 Å². The van der Waals surface area contributed by atoms with Crippen LogP contribution in [-0.4, -0.2) is 42.1 Å². The average Bonchev–Trinajstić information content (AvgIpc) is 2.90. The van der Waals surface area contributed by atoms with Crippen molar-refractivity contribution in [2.75, 3.05) is 11.8 Å². The van der Waals surface area contributed by atoms with Crippen molar-refractivity contribution in [1.82, 2.24) is 20.6 Å². The first-order chi connectivity index (χ1) is 9.04. The zero-order valence-electron chi connectivity index (χ0n) is 9.69. The molecule has 2 rings (SSSR count). The van der Waals surface area contributed by atoms with Crippen LogP contribution in [0.4, 0.5) is 5.95 Å². The molecule has 0 amide bonds. The molecule has 1 aromatic heterocycles. The number of carbonyl (C=O) groups excluding carboxylic acids is 1. The number of benzene rings is 1. The Bertz CT molecular complexity index is 682. The van der Waals surface area contributed by atoms with Crippen LogP contribution >= 0.6 is 0 Å². The molecule has 0 bridgehead atoms. The molecular weight excluding hydrogens is 274 g/mol. The number of carbonyl (C=O) groups is 1. The summed E-state index contributed by atoms with van der Waals surface area (Å²) in [7, 11) is -2.84. The van der Waals surface area contributed by atoms with Crippen LogP contribution in [0, 0.1) is 0 Å². The second-order valence-corrected chi connectivity index (χ2v) is 4.98. The molecule has 0 unspecified atom stereocenters. The van der Waals surface area contributed by atoms with Gasteiger partial charge in [-0.1, -0.05) is 17.2 Å². The molecule has 10 heteroatoms. The van der Waals surface area contributed by atoms with E-state index in [0.717, 1.165) is 0 Å². The third-order valence-electron chi connectivity index (χ3n) is 2.15. The van der Waals surface area contributed by atoms with Crippen LogP contribution in [-0.2, 0) is 14.8 Å². The maximum Gasteiger partial charge on any atom is 0.339 e. The molecule has 0 saturated heterocycles. The van der Waals surface area contributed by atoms with Crippen molar-refractivity contribution >= 4 is 21.9 Å². The molecule has 0 atom stereocenters. The Hall–Kier alpha value is -2.49. The van der Waals surface area contributed by atoms with E-state index in [4.69, 9.17) is 0 Å². The molecule has 0 fully saturated rings. The molecular formula is C9H9N5O4S. The van der Waals surface area contributed by atoms with E-state index in [1.165, 1.54) is 31.4 Å². The summed E-state index contributed by atoms with van der Waals surface area (Å²) in [5.41, 5.74) is -0.0824. The third kappa shape index (κ3) is 2.68. The number of nitrogens with zero attached hydrogens (tertiary/aromatic N) is 3. The van der Waals surface area contributed by atoms with Crippen LogP contribution in [0.3, 0.4) is 0 Å². The number of hydrogen-bond donors (Lipinski definition) is 2. The van der Waals surface area contributed by atoms with Crippen molar-refractivity contribution in [3.8, 4) is 0 Å². The lowest BCUT2D eigenvalue weighted by molar-refractivity contribution is 0.0596. The Morgan fingerprint density at radius 1 is 1.37 bits per heavy atom. The number of aromatic nitrogens is 4. The van der Waals surface area contributed by atoms with Crippen LogP contribution in [0.5, 0.6) is 0 Å². The predicted octanol–water partition coefficient (Wildman–Crippen LogP) is -0.213. The summed E-state index contributed by atoms with van der Waals surface area (Å²) in [4.78, 5) is 11.3. The van der Waals surface area contributed by atoms with Crippen LogP contribution in [0.1, 0.15) is 10.4 Å². The summed E-state index contributed by atoms with van der Waals surface area (Å²) in [6.07, 6.45) is 0. The minimum atomic E-state index is -4.00. The quantitative estimate of drug-likeness (QED) is 0.743. The van der Waals surface area contributed by atoms with Crippen LogP contribution < -0.4 is 4.72 Å². The van der Waals surface area contributed by atoms with E-state index in [1.807, 2.05) is 0 Å². The summed E-state index contributed by atoms with van der Waals surface area (Å²) in [5.74, 6) is -0.978. The van der Waals surface area contributed by atoms with Crippen molar-refractivity contribution in [1.29, 1.82) is 0 Å². The van der Waals surface area contributed by atoms with Crippen molar-refractivity contribution in [2.45, 2.75) is 4.90 Å². The molecule has 1 heterocycles. The fourth-order valence-electron chi connectivity index (χ4n) is 1.36. The highest BCUT2D eigenvalue weighted by Crippen LogP contribution is 2.18. The zero-order valence-corrected chi connectivity index (χ0v) is 10.5. The van der Waals surface area contributed by atoms with Gasteiger partial charge in [0.1, 0.15) is 4.90 Å². The van der Waals surface area contributed by atoms with Gasteiger partial charge in [-0.15, -0.1) is 5.10 Å². The number of ether oxygens (including phenoxy) is 1. The van der Waals surface area contributed by atoms with Crippen molar-refractivity contribution in [3.05, 3.63) is 29.8 Å². The van der Waals surface area contributed by atoms with Crippen molar-refractivity contribution in [3.63, 3.8) is 0 Å². The average molecular weight is 283 g/mol. The second kappa shape index (κ2) is 5.02. The number of hydrogen-bond acceptors (Lipinski definition) is 7. The number of methoxy groups -OCH3 is 1. The monoisotopic (exact) mass is 283 g/mol. The van der Waals surface area contributed by atoms with E-state index in [9.17, 15) is 13.2 Å². The lowest BCUT2D eigenvalue weighted by Crippen LogP contribution is -2.18. The first-order valence-corrected chi connectivity index (χ1v) is 6.46. The Kier molecular flexibility index (Phi) is 3.42. The predicted molar refractivity (Wildman–Crippen MR) is 62.8 cm³/mol. The number of rotatable bonds is 4. The fourth-order valence-corrected chi connectivity index (χ4v) is 2.50. The lowest BCUT2D eigenvalue weighted by atomic mass is 10.2. The Morgan fingerprint density at radius 3 is 2.74 bits per heavy atom. The van der Waals surface area contributed by atoms with Gasteiger partial charge in [0.15, 0.2) is 0 Å². The summed E-state index contributed by atoms with van der Waals surface area (Å²) in [6.45, 7) is 0. The normalized spacial score (nSPS) is 11.0. The van der Waals surface area contributed by atoms with Gasteiger partial charge in [0.05, 0.1) is 12.7 Å². The largest absolute Gasteiger partial charge is 0.465 e. The van der Waals surface area contributed by atoms with Crippen LogP contribution in [0.2, 0.25) is 0 Å². The van der Waals surface area contributed by atoms with Gasteiger partial charge in [0.2, 0.25) is 0 Å². The highest BCUT2D eigenvalue weighted by Gasteiger charge is 2.23. The maximum atomic E-state index is 12.1. The molecule has 9 nitrogen and oxygen atoms in total. The Morgan fingerprint density at radius 2 is 2.11 bits per heavy atom. The highest BCUT2D eigenvalue weighted by molar-refractivity contribution is 7.92. The number of anilines is 1. The molecule has 0 spiro atoms. The number of esters is 1. The maximum absolute atomic E-state index is 12.1. The molecule has 1 aromatic carbocycles. The van der Waals surface area contributed by atoms with Crippen molar-refractivity contribution in [2.24, 2.45) is 0 Å². The number of tetrazole rings is 1. The van der Waals surface area contributed by atoms with E-state index in [-0.39, 0.29) is 16.4 Å². The molecule has 19 heavy (non-hydrogen) atoms. The Balaban J connectivity index is 2.43. The first kappa shape index (κ1) is 13.0. The first-order valence-electron chi connectivity index (χ1n) is 4.98. The van der Waals surface area contributed by atoms with Crippen LogP contribution in [0.25, 0.3) is 0 Å². The van der Waals surface area contributed by atoms with Gasteiger partial charge in [-0.05, 0) is 17.3 Å². The van der Waals surface area contributed by atoms with Gasteiger partial charge in [-0.2, -0.15) is 5.21 Å². The molecule has 0 aliphatic heterocycles. The van der Waals surface area contributed by atoms with E-state index >= 15 is 0 Å². The third-order valence-corrected chi connectivity index (χ3v) is 3.54. The standard InChI is InChI=1S/C9H9N5O4S/c1-18-8(15)6-4-2-3-5-7(6)19(16,17)12-9-10-13-14-11-9/h2-5H,1H3,(H2,10,11,12,13,14). The minimum absolute atomic E-state index is 0.0824. The lowest BCUT2D eigenvalue weighted by Gasteiger charge is -2.08. The molecule has 2 N–H and O–H groups in total. The zero-order chi connectivity index (χ0) is 13.9. The molecule has 100 valence electrons. The van der Waals surface area contributed by atoms with Crippen LogP contribution in [0.15, 0.2) is 29.2 Å². The summed E-state index contributed by atoms with van der Waals surface area (Å²) in [5, 5.41) is 12.3. The molecule has 0 radical (unpaired) electrons. The van der Waals surface area contributed by atoms with Gasteiger partial charge < -0.3 is 4.74 Å². The van der Waals surface area contributed by atoms with Crippen molar-refractivity contribution < 1.29 is 17.9 Å². The van der Waals surface area contributed by atoms with E-state index in [2.05, 4.69) is 30.1 Å². The van der Waals surface area contributed by atoms with Gasteiger partial charge in [0.25, 0.3) is 16.0 Å². The molecule has 2 aromatic rings. The second-order valence-electron chi connectivity index (χ2n) is 3.33. The highest BCUT2D eigenvalue weighted by atomic mass is 32.2. The van der Waals surface area contributed by atoms with E-state index in [1.54, 1.807) is 0 Å². The summed E-state index contributed by atoms with van der Waals surface area (Å²) < 4.78 is 30.8. The van der Waals surface area contributed by atoms with Gasteiger partial charge >= 0.3 is 5.97 Å². The Labute approximate surface area is 108 Å². The number of nitrogens with one attached hydrogen (secondary N) is 2. The van der Waals surface area contributed by atoms with Gasteiger partial charge in [-0.25, -0.2) is 17.9 Å². The number of sulfonamides is 1. The smallest absolute Gasteiger partial charge is 0.339 e. The molecule has 0 aliphatic carbocycles. The van der Waals surface area contributed by atoms with Gasteiger partial charge in [0, 0.05) is 0 Å².